The van der Waals surface area contributed by atoms with Crippen LogP contribution in [0.4, 0.5) is 0 Å². The average Bonchev–Trinajstić information content (AvgIpc) is 3.15. The Morgan fingerprint density at radius 1 is 1.41 bits per heavy atom. The molecule has 4 rings (SSSR count). The van der Waals surface area contributed by atoms with Crippen molar-refractivity contribution in [3.8, 4) is 11.5 Å². The Hall–Kier alpha value is -2.21. The number of hydrogen-bond donors (Lipinski definition) is 1. The molecular formula is C15H14ClN3O3. The van der Waals surface area contributed by atoms with Gasteiger partial charge in [0.25, 0.3) is 5.91 Å². The number of hydrogen-bond acceptors (Lipinski definition) is 4. The molecule has 2 aliphatic rings. The van der Waals surface area contributed by atoms with Gasteiger partial charge in [0.1, 0.15) is 5.82 Å². The van der Waals surface area contributed by atoms with E-state index in [9.17, 15) is 4.79 Å². The molecular weight excluding hydrogens is 306 g/mol. The SMILES string of the molecule is O=C(N[C@@H]1CCc2nccn2C1)c1cc(Cl)c2c(c1)OCO2. The van der Waals surface area contributed by atoms with E-state index < -0.39 is 0 Å². The van der Waals surface area contributed by atoms with Gasteiger partial charge in [0.15, 0.2) is 11.5 Å². The van der Waals surface area contributed by atoms with E-state index in [0.717, 1.165) is 25.2 Å². The van der Waals surface area contributed by atoms with E-state index in [4.69, 9.17) is 21.1 Å². The molecule has 0 radical (unpaired) electrons. The fourth-order valence-electron chi connectivity index (χ4n) is 2.85. The average molecular weight is 320 g/mol. The van der Waals surface area contributed by atoms with Gasteiger partial charge < -0.3 is 19.4 Å². The Balaban J connectivity index is 1.50. The number of nitrogens with zero attached hydrogens (tertiary/aromatic N) is 2. The summed E-state index contributed by atoms with van der Waals surface area (Å²) in [6, 6.07) is 3.35. The van der Waals surface area contributed by atoms with Crippen molar-refractivity contribution in [3.63, 3.8) is 0 Å². The van der Waals surface area contributed by atoms with Crippen LogP contribution in [0.15, 0.2) is 24.5 Å². The molecule has 1 amide bonds. The van der Waals surface area contributed by atoms with Gasteiger partial charge in [-0.25, -0.2) is 4.98 Å². The number of nitrogens with one attached hydrogen (secondary N) is 1. The van der Waals surface area contributed by atoms with Crippen molar-refractivity contribution >= 4 is 17.5 Å². The minimum Gasteiger partial charge on any atom is -0.454 e. The molecule has 0 aliphatic carbocycles. The van der Waals surface area contributed by atoms with Crippen LogP contribution in [0.5, 0.6) is 11.5 Å². The van der Waals surface area contributed by atoms with Gasteiger partial charge in [-0.05, 0) is 18.6 Å². The molecule has 114 valence electrons. The van der Waals surface area contributed by atoms with Gasteiger partial charge in [0.2, 0.25) is 6.79 Å². The highest BCUT2D eigenvalue weighted by molar-refractivity contribution is 6.32. The third-order valence-corrected chi connectivity index (χ3v) is 4.24. The predicted molar refractivity (Wildman–Crippen MR) is 79.4 cm³/mol. The first-order valence-electron chi connectivity index (χ1n) is 7.11. The van der Waals surface area contributed by atoms with Crippen LogP contribution in [0.2, 0.25) is 5.02 Å². The van der Waals surface area contributed by atoms with Crippen LogP contribution in [0, 0.1) is 0 Å². The van der Waals surface area contributed by atoms with Gasteiger partial charge in [0, 0.05) is 37.0 Å². The number of aromatic nitrogens is 2. The number of rotatable bonds is 2. The first-order chi connectivity index (χ1) is 10.7. The number of fused-ring (bicyclic) bond motifs is 2. The zero-order chi connectivity index (χ0) is 15.1. The summed E-state index contributed by atoms with van der Waals surface area (Å²) in [5.74, 6) is 1.92. The maximum absolute atomic E-state index is 12.4. The molecule has 0 fully saturated rings. The summed E-state index contributed by atoms with van der Waals surface area (Å²) in [5, 5.41) is 3.43. The molecule has 6 nitrogen and oxygen atoms in total. The van der Waals surface area contributed by atoms with Crippen LogP contribution in [-0.4, -0.2) is 28.3 Å². The Bertz CT molecular complexity index is 744. The zero-order valence-corrected chi connectivity index (χ0v) is 12.5. The number of carbonyl (C=O) groups is 1. The summed E-state index contributed by atoms with van der Waals surface area (Å²) in [6.45, 7) is 0.867. The summed E-state index contributed by atoms with van der Waals surface area (Å²) in [6.07, 6.45) is 5.46. The standard InChI is InChI=1S/C15H14ClN3O3/c16-11-5-9(6-12-14(11)22-8-21-12)15(20)18-10-1-2-13-17-3-4-19(13)7-10/h3-6,10H,1-2,7-8H2,(H,18,20)/t10-/m1/s1. The van der Waals surface area contributed by atoms with E-state index in [-0.39, 0.29) is 18.7 Å². The van der Waals surface area contributed by atoms with E-state index >= 15 is 0 Å². The molecule has 0 saturated carbocycles. The molecule has 1 aromatic carbocycles. The molecule has 2 aliphatic heterocycles. The fourth-order valence-corrected chi connectivity index (χ4v) is 3.12. The molecule has 0 bridgehead atoms. The Kier molecular flexibility index (Phi) is 3.18. The normalized spacial score (nSPS) is 18.9. The molecule has 1 atom stereocenters. The van der Waals surface area contributed by atoms with E-state index in [1.54, 1.807) is 18.3 Å². The van der Waals surface area contributed by atoms with Crippen molar-refractivity contribution in [1.29, 1.82) is 0 Å². The lowest BCUT2D eigenvalue weighted by atomic mass is 10.1. The highest BCUT2D eigenvalue weighted by Gasteiger charge is 2.24. The minimum atomic E-state index is -0.159. The quantitative estimate of drug-likeness (QED) is 0.919. The maximum Gasteiger partial charge on any atom is 0.251 e. The second-order valence-electron chi connectivity index (χ2n) is 5.40. The lowest BCUT2D eigenvalue weighted by Gasteiger charge is -2.24. The van der Waals surface area contributed by atoms with Crippen LogP contribution in [-0.2, 0) is 13.0 Å². The Labute approximate surface area is 132 Å². The molecule has 0 spiro atoms. The number of carbonyl (C=O) groups excluding carboxylic acids is 1. The van der Waals surface area contributed by atoms with Crippen LogP contribution < -0.4 is 14.8 Å². The van der Waals surface area contributed by atoms with Crippen molar-refractivity contribution in [2.24, 2.45) is 0 Å². The molecule has 7 heteroatoms. The van der Waals surface area contributed by atoms with Crippen molar-refractivity contribution in [3.05, 3.63) is 40.9 Å². The number of benzene rings is 1. The second kappa shape index (κ2) is 5.21. The van der Waals surface area contributed by atoms with Crippen LogP contribution in [0.3, 0.4) is 0 Å². The lowest BCUT2D eigenvalue weighted by molar-refractivity contribution is 0.0927. The first-order valence-corrected chi connectivity index (χ1v) is 7.48. The summed E-state index contributed by atoms with van der Waals surface area (Å²) in [5.41, 5.74) is 0.477. The van der Waals surface area contributed by atoms with Gasteiger partial charge in [-0.1, -0.05) is 11.6 Å². The minimum absolute atomic E-state index is 0.0819. The summed E-state index contributed by atoms with van der Waals surface area (Å²) < 4.78 is 12.6. The zero-order valence-electron chi connectivity index (χ0n) is 11.7. The third-order valence-electron chi connectivity index (χ3n) is 3.96. The highest BCUT2D eigenvalue weighted by atomic mass is 35.5. The lowest BCUT2D eigenvalue weighted by Crippen LogP contribution is -2.40. The van der Waals surface area contributed by atoms with Gasteiger partial charge >= 0.3 is 0 Å². The molecule has 2 aromatic rings. The first kappa shape index (κ1) is 13.5. The molecule has 1 aromatic heterocycles. The van der Waals surface area contributed by atoms with E-state index in [1.165, 1.54) is 0 Å². The van der Waals surface area contributed by atoms with Crippen molar-refractivity contribution in [2.75, 3.05) is 6.79 Å². The summed E-state index contributed by atoms with van der Waals surface area (Å²) >= 11 is 6.12. The molecule has 3 heterocycles. The molecule has 0 saturated heterocycles. The molecule has 22 heavy (non-hydrogen) atoms. The second-order valence-corrected chi connectivity index (χ2v) is 5.80. The Morgan fingerprint density at radius 3 is 3.23 bits per heavy atom. The number of aryl methyl sites for hydroxylation is 1. The highest BCUT2D eigenvalue weighted by Crippen LogP contribution is 2.39. The van der Waals surface area contributed by atoms with Crippen molar-refractivity contribution < 1.29 is 14.3 Å². The van der Waals surface area contributed by atoms with Gasteiger partial charge in [-0.3, -0.25) is 4.79 Å². The maximum atomic E-state index is 12.4. The Morgan fingerprint density at radius 2 is 2.32 bits per heavy atom. The van der Waals surface area contributed by atoms with Crippen molar-refractivity contribution in [1.82, 2.24) is 14.9 Å². The summed E-state index contributed by atoms with van der Waals surface area (Å²) in [7, 11) is 0. The number of imidazole rings is 1. The number of halogens is 1. The van der Waals surface area contributed by atoms with Crippen LogP contribution in [0.25, 0.3) is 0 Å². The van der Waals surface area contributed by atoms with Crippen LogP contribution in [0.1, 0.15) is 22.6 Å². The van der Waals surface area contributed by atoms with Crippen LogP contribution >= 0.6 is 11.6 Å². The number of ether oxygens (including phenoxy) is 2. The monoisotopic (exact) mass is 319 g/mol. The van der Waals surface area contributed by atoms with E-state index in [2.05, 4.69) is 14.9 Å². The van der Waals surface area contributed by atoms with E-state index in [1.807, 2.05) is 6.20 Å². The fraction of sp³-hybridized carbons (Fsp3) is 0.333. The van der Waals surface area contributed by atoms with Crippen molar-refractivity contribution in [2.45, 2.75) is 25.4 Å². The smallest absolute Gasteiger partial charge is 0.251 e. The van der Waals surface area contributed by atoms with Gasteiger partial charge in [-0.2, -0.15) is 0 Å². The molecule has 0 unspecified atom stereocenters. The van der Waals surface area contributed by atoms with Gasteiger partial charge in [-0.15, -0.1) is 0 Å². The van der Waals surface area contributed by atoms with Gasteiger partial charge in [0.05, 0.1) is 5.02 Å². The predicted octanol–water partition coefficient (Wildman–Crippen LogP) is 2.01. The summed E-state index contributed by atoms with van der Waals surface area (Å²) in [4.78, 5) is 16.7. The molecule has 1 N–H and O–H groups in total. The van der Waals surface area contributed by atoms with E-state index in [0.29, 0.717) is 22.1 Å². The largest absolute Gasteiger partial charge is 0.454 e. The number of amides is 1. The third kappa shape index (κ3) is 2.29. The topological polar surface area (TPSA) is 65.4 Å².